The van der Waals surface area contributed by atoms with Gasteiger partial charge in [-0.3, -0.25) is 15.0 Å². The lowest BCUT2D eigenvalue weighted by Crippen LogP contribution is -2.50. The number of nitrogens with one attached hydrogen (secondary N) is 2. The first-order valence-corrected chi connectivity index (χ1v) is 14.1. The molecule has 1 saturated heterocycles. The monoisotopic (exact) mass is 624 g/mol. The number of hydrogen-bond donors (Lipinski definition) is 3. The minimum Gasteiger partial charge on any atom is -0.758 e. The lowest BCUT2D eigenvalue weighted by Gasteiger charge is -2.47. The van der Waals surface area contributed by atoms with Crippen LogP contribution in [0.1, 0.15) is 40.7 Å². The van der Waals surface area contributed by atoms with Gasteiger partial charge in [-0.25, -0.2) is 0 Å². The van der Waals surface area contributed by atoms with E-state index < -0.39 is 42.2 Å². The zero-order chi connectivity index (χ0) is 31.8. The molecular weight excluding hydrogens is 592 g/mol. The van der Waals surface area contributed by atoms with Crippen LogP contribution in [0.4, 0.5) is 26.3 Å². The quantitative estimate of drug-likeness (QED) is 0.415. The van der Waals surface area contributed by atoms with Crippen molar-refractivity contribution in [1.82, 2.24) is 20.6 Å². The van der Waals surface area contributed by atoms with Gasteiger partial charge in [0.05, 0.1) is 17.8 Å². The number of primary amides is 1. The molecule has 5 rings (SSSR count). The number of amides is 1. The molecule has 3 heterocycles. The highest BCUT2D eigenvalue weighted by Gasteiger charge is 2.38. The van der Waals surface area contributed by atoms with Crippen LogP contribution in [0.5, 0.6) is 0 Å². The number of piperidine rings is 1. The Hall–Kier alpha value is -3.75. The fraction of sp³-hybridized carbons (Fsp3) is 0.433. The van der Waals surface area contributed by atoms with E-state index in [1.54, 1.807) is 37.3 Å². The second-order valence-corrected chi connectivity index (χ2v) is 11.2. The highest BCUT2D eigenvalue weighted by molar-refractivity contribution is 5.76. The van der Waals surface area contributed by atoms with Crippen LogP contribution in [-0.2, 0) is 28.3 Å². The number of hydrogen-bond acceptors (Lipinski definition) is 7. The second-order valence-electron chi connectivity index (χ2n) is 11.2. The van der Waals surface area contributed by atoms with Crippen molar-refractivity contribution in [2.45, 2.75) is 50.8 Å². The Morgan fingerprint density at radius 2 is 1.68 bits per heavy atom. The normalized spacial score (nSPS) is 23.5. The van der Waals surface area contributed by atoms with E-state index in [0.717, 1.165) is 5.56 Å². The van der Waals surface area contributed by atoms with Gasteiger partial charge in [0.1, 0.15) is 0 Å². The van der Waals surface area contributed by atoms with Gasteiger partial charge in [0.15, 0.2) is 12.1 Å². The molecular formula is C30H32F6N5O3-. The molecule has 3 aliphatic rings. The first kappa shape index (κ1) is 31.7. The molecule has 3 aliphatic heterocycles. The minimum absolute atomic E-state index is 0.0682. The molecule has 2 aromatic carbocycles. The van der Waals surface area contributed by atoms with E-state index >= 15 is 0 Å². The molecule has 1 amide bonds. The summed E-state index contributed by atoms with van der Waals surface area (Å²) in [4.78, 5) is 13.7. The van der Waals surface area contributed by atoms with Gasteiger partial charge in [-0.1, -0.05) is 24.3 Å². The number of likely N-dealkylation sites (tertiary alicyclic amines) is 1. The van der Waals surface area contributed by atoms with Crippen LogP contribution >= 0.6 is 0 Å². The van der Waals surface area contributed by atoms with E-state index in [-0.39, 0.29) is 48.2 Å². The number of ether oxygens (including phenoxy) is 1. The van der Waals surface area contributed by atoms with Crippen molar-refractivity contribution < 1.29 is 35.9 Å². The number of nitrogens with zero attached hydrogens (tertiary/aromatic N) is 2. The molecule has 0 aromatic heterocycles. The molecule has 14 heteroatoms. The zero-order valence-electron chi connectivity index (χ0n) is 23.8. The molecule has 0 spiro atoms. The first-order valence-electron chi connectivity index (χ1n) is 14.1. The van der Waals surface area contributed by atoms with Gasteiger partial charge in [0.25, 0.3) is 0 Å². The van der Waals surface area contributed by atoms with Crippen molar-refractivity contribution in [3.8, 4) is 0 Å². The highest BCUT2D eigenvalue weighted by Crippen LogP contribution is 2.39. The molecule has 1 fully saturated rings. The number of hydroxylamine groups is 2. The molecule has 2 atom stereocenters. The summed E-state index contributed by atoms with van der Waals surface area (Å²) in [5.74, 6) is -0.457. The summed E-state index contributed by atoms with van der Waals surface area (Å²) in [5, 5.41) is 21.2. The van der Waals surface area contributed by atoms with Crippen LogP contribution < -0.4 is 16.4 Å². The number of carbonyl (C=O) groups excluding carboxylic acids is 1. The van der Waals surface area contributed by atoms with Crippen LogP contribution in [0.25, 0.3) is 5.70 Å². The van der Waals surface area contributed by atoms with Gasteiger partial charge in [-0.05, 0) is 67.2 Å². The average Bonchev–Trinajstić information content (AvgIpc) is 2.97. The van der Waals surface area contributed by atoms with Gasteiger partial charge >= 0.3 is 12.4 Å². The summed E-state index contributed by atoms with van der Waals surface area (Å²) in [6.45, 7) is 3.06. The Morgan fingerprint density at radius 3 is 2.27 bits per heavy atom. The maximum atomic E-state index is 14.4. The zero-order valence-corrected chi connectivity index (χ0v) is 23.8. The van der Waals surface area contributed by atoms with Crippen LogP contribution in [0, 0.1) is 18.0 Å². The summed E-state index contributed by atoms with van der Waals surface area (Å²) in [5.41, 5.74) is 4.08. The van der Waals surface area contributed by atoms with Crippen molar-refractivity contribution in [2.24, 2.45) is 11.7 Å². The topological polar surface area (TPSA) is 106 Å². The van der Waals surface area contributed by atoms with Crippen molar-refractivity contribution in [2.75, 3.05) is 26.3 Å². The van der Waals surface area contributed by atoms with Crippen LogP contribution in [0.15, 0.2) is 60.0 Å². The number of carbonyl (C=O) groups is 1. The molecule has 0 radical (unpaired) electrons. The predicted molar refractivity (Wildman–Crippen MR) is 150 cm³/mol. The Bertz CT molecular complexity index is 1420. The third-order valence-corrected chi connectivity index (χ3v) is 8.23. The predicted octanol–water partition coefficient (Wildman–Crippen LogP) is 4.70. The van der Waals surface area contributed by atoms with Gasteiger partial charge < -0.3 is 26.1 Å². The van der Waals surface area contributed by atoms with E-state index in [1.807, 2.05) is 4.90 Å². The molecule has 0 aliphatic carbocycles. The number of nitrogens with two attached hydrogens (primary N) is 1. The van der Waals surface area contributed by atoms with Crippen molar-refractivity contribution >= 4 is 11.6 Å². The SMILES string of the molecule is Cc1ccccc1/C1=C/C(N2CCC(C(N)=O)CC2)OC2=C(CNCN2)C(Cc2cc(C(F)(F)F)cc(C(F)(F)F)c2)N1[O-]. The summed E-state index contributed by atoms with van der Waals surface area (Å²) >= 11 is 0. The van der Waals surface area contributed by atoms with E-state index in [2.05, 4.69) is 10.6 Å². The third kappa shape index (κ3) is 6.81. The third-order valence-electron chi connectivity index (χ3n) is 8.23. The summed E-state index contributed by atoms with van der Waals surface area (Å²) < 4.78 is 88.4. The lowest BCUT2D eigenvalue weighted by molar-refractivity contribution is -0.143. The van der Waals surface area contributed by atoms with Crippen molar-refractivity contribution in [3.05, 3.63) is 93.0 Å². The van der Waals surface area contributed by atoms with Gasteiger partial charge in [-0.15, -0.1) is 0 Å². The van der Waals surface area contributed by atoms with E-state index in [1.165, 1.54) is 0 Å². The smallest absolute Gasteiger partial charge is 0.416 e. The van der Waals surface area contributed by atoms with E-state index in [0.29, 0.717) is 54.3 Å². The fourth-order valence-electron chi connectivity index (χ4n) is 5.85. The molecule has 2 aromatic rings. The fourth-order valence-corrected chi connectivity index (χ4v) is 5.85. The molecule has 0 saturated carbocycles. The maximum Gasteiger partial charge on any atom is 0.416 e. The second kappa shape index (κ2) is 12.3. The van der Waals surface area contributed by atoms with Crippen LogP contribution in [0.3, 0.4) is 0 Å². The average molecular weight is 625 g/mol. The molecule has 8 nitrogen and oxygen atoms in total. The van der Waals surface area contributed by atoms with Crippen molar-refractivity contribution in [1.29, 1.82) is 0 Å². The number of halogens is 6. The van der Waals surface area contributed by atoms with Crippen LogP contribution in [-0.4, -0.2) is 54.4 Å². The number of rotatable bonds is 5. The Kier molecular flexibility index (Phi) is 8.87. The summed E-state index contributed by atoms with van der Waals surface area (Å²) in [6.07, 6.45) is -8.69. The molecule has 238 valence electrons. The minimum atomic E-state index is -5.03. The number of alkyl halides is 6. The maximum absolute atomic E-state index is 14.4. The molecule has 0 bridgehead atoms. The van der Waals surface area contributed by atoms with E-state index in [4.69, 9.17) is 10.5 Å². The number of benzene rings is 2. The molecule has 44 heavy (non-hydrogen) atoms. The largest absolute Gasteiger partial charge is 0.758 e. The number of aryl methyl sites for hydroxylation is 1. The Balaban J connectivity index is 1.60. The standard InChI is InChI=1S/C30H32F6N5O3/c1-17-4-2-3-5-22(17)25-14-26(40-8-6-19(7-9-40)27(37)42)44-28-23(15-38-16-39-28)24(41(25)43)12-18-10-20(29(31,32)33)13-21(11-18)30(34,35)36/h2-5,10-11,13-14,19,24,26,38-39H,6-9,12,15-16H2,1H3,(H2,37,42)/q-1/b25-14-. The summed E-state index contributed by atoms with van der Waals surface area (Å²) in [7, 11) is 0. The molecule has 2 unspecified atom stereocenters. The first-order chi connectivity index (χ1) is 20.7. The van der Waals surface area contributed by atoms with Gasteiger partial charge in [-0.2, -0.15) is 26.3 Å². The van der Waals surface area contributed by atoms with Gasteiger partial charge in [0.2, 0.25) is 5.91 Å². The highest BCUT2D eigenvalue weighted by atomic mass is 19.4. The van der Waals surface area contributed by atoms with Gasteiger partial charge in [0, 0.05) is 42.9 Å². The lowest BCUT2D eigenvalue weighted by atomic mass is 9.92. The molecule has 4 N–H and O–H groups in total. The van der Waals surface area contributed by atoms with E-state index in [9.17, 15) is 36.3 Å². The van der Waals surface area contributed by atoms with Crippen molar-refractivity contribution in [3.63, 3.8) is 0 Å². The summed E-state index contributed by atoms with van der Waals surface area (Å²) in [6, 6.07) is 7.18. The Labute approximate surface area is 250 Å². The van der Waals surface area contributed by atoms with Crippen LogP contribution in [0.2, 0.25) is 0 Å². The Morgan fingerprint density at radius 1 is 1.05 bits per heavy atom.